The molecule has 2 heterocycles. The van der Waals surface area contributed by atoms with Gasteiger partial charge in [0.15, 0.2) is 6.29 Å². The number of piperidine rings is 1. The monoisotopic (exact) mass is 915 g/mol. The third-order valence-electron chi connectivity index (χ3n) is 11.6. The molecule has 18 nitrogen and oxygen atoms in total. The number of likely N-dealkylation sites (N-methyl/N-ethyl adjacent to an activating group) is 2. The highest BCUT2D eigenvalue weighted by Crippen LogP contribution is 2.35. The molecule has 1 fully saturated rings. The molecule has 2 aromatic rings. The average molecular weight is 915 g/mol. The quantitative estimate of drug-likeness (QED) is 0.0201. The molecule has 9 N–H and O–H groups in total. The van der Waals surface area contributed by atoms with Gasteiger partial charge < -0.3 is 51.7 Å². The summed E-state index contributed by atoms with van der Waals surface area (Å²) in [5.41, 5.74) is 17.2. The first kappa shape index (κ1) is 52.6. The highest BCUT2D eigenvalue weighted by Gasteiger charge is 2.29. The number of carbonyl (C=O) groups excluding carboxylic acids is 4. The largest absolute Gasteiger partial charge is 0.391 e. The number of likely N-dealkylation sites (tertiary alicyclic amines) is 1. The van der Waals surface area contributed by atoms with Crippen LogP contribution in [-0.4, -0.2) is 136 Å². The molecule has 0 aromatic heterocycles. The molecule has 360 valence electrons. The number of hydrogen-bond donors (Lipinski definition) is 8. The van der Waals surface area contributed by atoms with Gasteiger partial charge in [0.25, 0.3) is 12.3 Å². The number of anilines is 2. The van der Waals surface area contributed by atoms with E-state index >= 15 is 0 Å². The number of nitrogens with two attached hydrogens (primary N) is 1. The Morgan fingerprint density at radius 3 is 2.48 bits per heavy atom. The lowest BCUT2D eigenvalue weighted by Crippen LogP contribution is -2.46. The number of amides is 2. The highest BCUT2D eigenvalue weighted by molar-refractivity contribution is 6.06. The summed E-state index contributed by atoms with van der Waals surface area (Å²) in [6, 6.07) is 7.22. The van der Waals surface area contributed by atoms with Crippen LogP contribution < -0.4 is 37.9 Å². The summed E-state index contributed by atoms with van der Waals surface area (Å²) in [5, 5.41) is 30.4. The molecule has 0 radical (unpaired) electrons. The molecule has 3 unspecified atom stereocenters. The van der Waals surface area contributed by atoms with Crippen LogP contribution >= 0.6 is 0 Å². The number of hydrazine groups is 1. The number of carbonyl (C=O) groups is 4. The maximum atomic E-state index is 14.6. The normalized spacial score (nSPS) is 16.1. The smallest absolute Gasteiger partial charge is 0.264 e. The minimum absolute atomic E-state index is 0.00188. The molecule has 0 saturated carbocycles. The van der Waals surface area contributed by atoms with Crippen molar-refractivity contribution in [1.29, 1.82) is 0 Å². The lowest BCUT2D eigenvalue weighted by molar-refractivity contribution is -0.501. The third-order valence-corrected chi connectivity index (χ3v) is 11.6. The van der Waals surface area contributed by atoms with Gasteiger partial charge in [0, 0.05) is 88.0 Å². The van der Waals surface area contributed by atoms with Gasteiger partial charge in [-0.1, -0.05) is 30.5 Å². The number of aliphatic hydroxyl groups is 1. The molecular weight excluding hydrogens is 847 g/mol. The van der Waals surface area contributed by atoms with Crippen LogP contribution in [0.4, 0.5) is 20.2 Å². The molecule has 2 aliphatic rings. The average Bonchev–Trinajstić information content (AvgIpc) is 3.73. The summed E-state index contributed by atoms with van der Waals surface area (Å²) in [6.45, 7) is 5.98. The molecule has 2 aliphatic heterocycles. The van der Waals surface area contributed by atoms with Crippen LogP contribution in [0.3, 0.4) is 0 Å². The van der Waals surface area contributed by atoms with Crippen molar-refractivity contribution in [1.82, 2.24) is 36.2 Å². The Balaban J connectivity index is 1.33. The van der Waals surface area contributed by atoms with Gasteiger partial charge in [-0.3, -0.25) is 14.4 Å². The molecule has 0 aliphatic carbocycles. The molecule has 3 atom stereocenters. The van der Waals surface area contributed by atoms with Gasteiger partial charge in [0.1, 0.15) is 6.29 Å². The number of alkyl halides is 2. The molecule has 0 spiro atoms. The van der Waals surface area contributed by atoms with Gasteiger partial charge in [-0.15, -0.1) is 0 Å². The SMILES string of the molecule is CCCc1cc(C2=CN(C)NC2)c(C(F)F)cc1NC(N)/C(CNC)=C(/CCNC)NC1CCN(C(=O)CCOOONc2cccc(C=O)c2C(=O)N(C)C(CCC=O)C(C)O)CC1. The zero-order valence-corrected chi connectivity index (χ0v) is 38.4. The number of aryl methyl sites for hydroxylation is 1. The molecule has 20 heteroatoms. The summed E-state index contributed by atoms with van der Waals surface area (Å²) < 4.78 is 29.1. The minimum atomic E-state index is -2.68. The topological polar surface area (TPSA) is 224 Å². The number of aliphatic hydroxyl groups excluding tert-OH is 1. The first-order valence-corrected chi connectivity index (χ1v) is 22.2. The number of aldehydes is 2. The van der Waals surface area contributed by atoms with Crippen molar-refractivity contribution in [2.24, 2.45) is 5.73 Å². The van der Waals surface area contributed by atoms with E-state index in [0.717, 1.165) is 28.8 Å². The summed E-state index contributed by atoms with van der Waals surface area (Å²) >= 11 is 0. The number of benzene rings is 2. The van der Waals surface area contributed by atoms with Crippen LogP contribution in [0.2, 0.25) is 0 Å². The Morgan fingerprint density at radius 1 is 1.11 bits per heavy atom. The van der Waals surface area contributed by atoms with Gasteiger partial charge in [-0.25, -0.2) is 24.6 Å². The molecule has 2 amide bonds. The van der Waals surface area contributed by atoms with Crippen molar-refractivity contribution in [3.63, 3.8) is 0 Å². The fourth-order valence-electron chi connectivity index (χ4n) is 8.10. The minimum Gasteiger partial charge on any atom is -0.391 e. The zero-order chi connectivity index (χ0) is 47.5. The van der Waals surface area contributed by atoms with Gasteiger partial charge in [-0.05, 0) is 98.6 Å². The van der Waals surface area contributed by atoms with Crippen molar-refractivity contribution >= 4 is 41.3 Å². The van der Waals surface area contributed by atoms with Crippen LogP contribution in [0.25, 0.3) is 5.57 Å². The number of hydrogen-bond acceptors (Lipinski definition) is 16. The summed E-state index contributed by atoms with van der Waals surface area (Å²) in [6.07, 6.45) is 2.55. The number of halogens is 2. The van der Waals surface area contributed by atoms with Crippen LogP contribution in [0, 0.1) is 0 Å². The van der Waals surface area contributed by atoms with Crippen molar-refractivity contribution in [2.75, 3.05) is 78.3 Å². The second-order valence-electron chi connectivity index (χ2n) is 16.2. The second-order valence-corrected chi connectivity index (χ2v) is 16.2. The summed E-state index contributed by atoms with van der Waals surface area (Å²) in [7, 11) is 7.01. The van der Waals surface area contributed by atoms with Crippen molar-refractivity contribution in [3.8, 4) is 0 Å². The van der Waals surface area contributed by atoms with Gasteiger partial charge in [0.05, 0.1) is 42.6 Å². The van der Waals surface area contributed by atoms with E-state index in [-0.39, 0.29) is 60.2 Å². The first-order valence-electron chi connectivity index (χ1n) is 22.2. The Kier molecular flexibility index (Phi) is 21.7. The number of nitrogens with one attached hydrogen (secondary N) is 6. The third kappa shape index (κ3) is 15.0. The number of nitrogens with zero attached hydrogens (tertiary/aromatic N) is 3. The molecule has 0 bridgehead atoms. The van der Waals surface area contributed by atoms with E-state index in [1.807, 2.05) is 33.4 Å². The molecule has 4 rings (SSSR count). The van der Waals surface area contributed by atoms with E-state index < -0.39 is 30.6 Å². The Hall–Kier alpha value is -5.06. The van der Waals surface area contributed by atoms with E-state index in [2.05, 4.69) is 39.1 Å². The van der Waals surface area contributed by atoms with E-state index in [9.17, 15) is 33.1 Å². The highest BCUT2D eigenvalue weighted by atomic mass is 19.3. The zero-order valence-electron chi connectivity index (χ0n) is 38.4. The second kappa shape index (κ2) is 26.8. The molecule has 1 saturated heterocycles. The maximum Gasteiger partial charge on any atom is 0.264 e. The van der Waals surface area contributed by atoms with Crippen LogP contribution in [0.15, 0.2) is 47.8 Å². The van der Waals surface area contributed by atoms with Crippen molar-refractivity contribution in [2.45, 2.75) is 96.0 Å². The van der Waals surface area contributed by atoms with Crippen LogP contribution in [0.5, 0.6) is 0 Å². The lowest BCUT2D eigenvalue weighted by atomic mass is 9.94. The van der Waals surface area contributed by atoms with Crippen LogP contribution in [0.1, 0.15) is 103 Å². The van der Waals surface area contributed by atoms with E-state index in [1.165, 1.54) is 37.1 Å². The van der Waals surface area contributed by atoms with Gasteiger partial charge in [-0.2, -0.15) is 0 Å². The molecule has 2 aromatic carbocycles. The fourth-order valence-corrected chi connectivity index (χ4v) is 8.10. The summed E-state index contributed by atoms with van der Waals surface area (Å²) in [5.74, 6) is -0.741. The summed E-state index contributed by atoms with van der Waals surface area (Å²) in [4.78, 5) is 62.5. The Bertz CT molecular complexity index is 1950. The maximum absolute atomic E-state index is 14.6. The Labute approximate surface area is 380 Å². The van der Waals surface area contributed by atoms with Gasteiger partial charge >= 0.3 is 0 Å². The first-order chi connectivity index (χ1) is 31.3. The predicted octanol–water partition coefficient (Wildman–Crippen LogP) is 3.64. The number of rotatable bonds is 28. The Morgan fingerprint density at radius 2 is 1.86 bits per heavy atom. The molecular formula is C45H68F2N10O8. The molecule has 65 heavy (non-hydrogen) atoms. The fraction of sp³-hybridized carbons (Fsp3) is 0.556. The van der Waals surface area contributed by atoms with E-state index in [1.54, 1.807) is 16.0 Å². The van der Waals surface area contributed by atoms with E-state index in [4.69, 9.17) is 20.6 Å². The van der Waals surface area contributed by atoms with Gasteiger partial charge in [0.2, 0.25) is 5.91 Å². The lowest BCUT2D eigenvalue weighted by Gasteiger charge is -2.35. The predicted molar refractivity (Wildman–Crippen MR) is 244 cm³/mol. The standard InChI is InChI=1S/C45H68F2N10O8/c1-7-10-30-23-34(32-25-51-55(5)27-32)35(43(46)47)24-39(30)53-44(48)36(26-50-4)37(14-18-49-3)52-33-15-19-57(20-16-33)41(61)17-22-63-65-64-54-38-12-8-11-31(28-59)42(38)45(62)56(6)40(29(2)60)13-9-21-58/h8,11-12,21,23-24,27-29,33,40,43-44,49-54,60H,7,9-10,13-20,22,25-26,48H2,1-6H3/b37-36-. The van der Waals surface area contributed by atoms with Crippen molar-refractivity contribution in [3.05, 3.63) is 75.6 Å². The van der Waals surface area contributed by atoms with E-state index in [0.29, 0.717) is 82.2 Å². The van der Waals surface area contributed by atoms with Crippen LogP contribution in [-0.2, 0) is 30.9 Å². The van der Waals surface area contributed by atoms with Crippen molar-refractivity contribution < 1.29 is 48.0 Å².